The van der Waals surface area contributed by atoms with Crippen molar-refractivity contribution < 1.29 is 9.47 Å². The molecule has 2 rings (SSSR count). The van der Waals surface area contributed by atoms with Crippen molar-refractivity contribution in [3.05, 3.63) is 33.2 Å². The van der Waals surface area contributed by atoms with Gasteiger partial charge in [0.2, 0.25) is 0 Å². The van der Waals surface area contributed by atoms with Gasteiger partial charge >= 0.3 is 0 Å². The number of benzene rings is 2. The molecule has 0 spiro atoms. The Morgan fingerprint density at radius 1 is 0.559 bits per heavy atom. The number of halogens is 2. The minimum absolute atomic E-state index is 0.545. The van der Waals surface area contributed by atoms with E-state index in [9.17, 15) is 0 Å². The minimum Gasteiger partial charge on any atom is -0.491 e. The van der Waals surface area contributed by atoms with Crippen LogP contribution in [-0.2, 0) is 0 Å². The molecule has 34 heavy (non-hydrogen) atoms. The highest BCUT2D eigenvalue weighted by Crippen LogP contribution is 2.42. The van der Waals surface area contributed by atoms with E-state index in [4.69, 9.17) is 9.47 Å². The molecule has 2 aromatic rings. The van der Waals surface area contributed by atoms with Crippen LogP contribution in [0, 0.1) is 35.5 Å². The Kier molecular flexibility index (Phi) is 12.2. The summed E-state index contributed by atoms with van der Waals surface area (Å²) in [6.45, 7) is 19.9. The average Bonchev–Trinajstić information content (AvgIpc) is 2.75. The fourth-order valence-electron chi connectivity index (χ4n) is 4.28. The van der Waals surface area contributed by atoms with E-state index in [1.165, 1.54) is 25.7 Å². The van der Waals surface area contributed by atoms with E-state index in [-0.39, 0.29) is 0 Å². The van der Waals surface area contributed by atoms with Crippen molar-refractivity contribution in [2.24, 2.45) is 35.5 Å². The highest BCUT2D eigenvalue weighted by molar-refractivity contribution is 9.11. The van der Waals surface area contributed by atoms with E-state index >= 15 is 0 Å². The Bertz CT molecular complexity index is 816. The molecule has 0 N–H and O–H groups in total. The van der Waals surface area contributed by atoms with E-state index in [0.717, 1.165) is 56.3 Å². The predicted molar refractivity (Wildman–Crippen MR) is 155 cm³/mol. The molecule has 0 saturated heterocycles. The molecule has 0 radical (unpaired) electrons. The molecule has 0 saturated carbocycles. The Hall–Kier alpha value is -0.740. The number of fused-ring (bicyclic) bond motifs is 1. The first-order chi connectivity index (χ1) is 16.0. The molecule has 2 nitrogen and oxygen atoms in total. The Balaban J connectivity index is 2.27. The SMILES string of the molecule is CC(C)CCC(COc1c(Br)ccc2c(OCC(CCC(C)C)C(C)C)c(Br)ccc12)C(C)C. The third-order valence-electron chi connectivity index (χ3n) is 7.00. The van der Waals surface area contributed by atoms with Crippen molar-refractivity contribution in [2.45, 2.75) is 81.1 Å². The summed E-state index contributed by atoms with van der Waals surface area (Å²) in [5.74, 6) is 5.57. The number of rotatable bonds is 14. The minimum atomic E-state index is 0.545. The highest BCUT2D eigenvalue weighted by atomic mass is 79.9. The van der Waals surface area contributed by atoms with Gasteiger partial charge in [-0.25, -0.2) is 0 Å². The average molecular weight is 599 g/mol. The molecule has 2 aromatic carbocycles. The van der Waals surface area contributed by atoms with E-state index in [0.29, 0.717) is 23.7 Å². The summed E-state index contributed by atoms with van der Waals surface area (Å²) in [6.07, 6.45) is 4.87. The summed E-state index contributed by atoms with van der Waals surface area (Å²) < 4.78 is 15.0. The molecule has 0 fully saturated rings. The van der Waals surface area contributed by atoms with Crippen molar-refractivity contribution in [3.63, 3.8) is 0 Å². The van der Waals surface area contributed by atoms with Crippen molar-refractivity contribution in [3.8, 4) is 11.5 Å². The van der Waals surface area contributed by atoms with Crippen molar-refractivity contribution in [1.29, 1.82) is 0 Å². The van der Waals surface area contributed by atoms with Crippen LogP contribution >= 0.6 is 31.9 Å². The smallest absolute Gasteiger partial charge is 0.141 e. The van der Waals surface area contributed by atoms with Crippen LogP contribution in [0.25, 0.3) is 10.8 Å². The van der Waals surface area contributed by atoms with Crippen LogP contribution in [0.2, 0.25) is 0 Å². The van der Waals surface area contributed by atoms with Gasteiger partial charge in [-0.05, 0) is 104 Å². The molecule has 0 amide bonds. The molecule has 0 aliphatic heterocycles. The molecule has 2 unspecified atom stereocenters. The topological polar surface area (TPSA) is 18.5 Å². The van der Waals surface area contributed by atoms with E-state index in [1.54, 1.807) is 0 Å². The maximum Gasteiger partial charge on any atom is 0.141 e. The molecule has 0 aliphatic carbocycles. The van der Waals surface area contributed by atoms with Crippen LogP contribution in [0.3, 0.4) is 0 Å². The van der Waals surface area contributed by atoms with Gasteiger partial charge in [-0.1, -0.05) is 68.2 Å². The zero-order valence-electron chi connectivity index (χ0n) is 22.6. The van der Waals surface area contributed by atoms with E-state index in [1.807, 2.05) is 0 Å². The third kappa shape index (κ3) is 8.73. The van der Waals surface area contributed by atoms with Crippen LogP contribution in [0.1, 0.15) is 81.1 Å². The van der Waals surface area contributed by atoms with Crippen LogP contribution in [0.5, 0.6) is 11.5 Å². The maximum atomic E-state index is 6.51. The fraction of sp³-hybridized carbons (Fsp3) is 0.667. The van der Waals surface area contributed by atoms with Gasteiger partial charge < -0.3 is 9.47 Å². The third-order valence-corrected chi connectivity index (χ3v) is 8.25. The summed E-state index contributed by atoms with van der Waals surface area (Å²) in [7, 11) is 0. The Morgan fingerprint density at radius 3 is 1.21 bits per heavy atom. The first kappa shape index (κ1) is 29.5. The van der Waals surface area contributed by atoms with Gasteiger partial charge in [0, 0.05) is 10.8 Å². The number of hydrogen-bond acceptors (Lipinski definition) is 2. The molecule has 2 atom stereocenters. The summed E-state index contributed by atoms with van der Waals surface area (Å²) >= 11 is 7.50. The first-order valence-corrected chi connectivity index (χ1v) is 14.8. The molecule has 192 valence electrons. The lowest BCUT2D eigenvalue weighted by Gasteiger charge is -2.24. The van der Waals surface area contributed by atoms with Gasteiger partial charge in [-0.15, -0.1) is 0 Å². The van der Waals surface area contributed by atoms with Gasteiger partial charge in [0.25, 0.3) is 0 Å². The van der Waals surface area contributed by atoms with Gasteiger partial charge in [-0.3, -0.25) is 0 Å². The van der Waals surface area contributed by atoms with E-state index < -0.39 is 0 Å². The zero-order chi connectivity index (χ0) is 25.4. The molecule has 0 heterocycles. The number of hydrogen-bond donors (Lipinski definition) is 0. The standard InChI is InChI=1S/C30H46Br2O2/c1-19(2)9-11-23(21(5)6)17-33-29-25-13-16-28(32)30(26(25)14-15-27(29)31)34-18-24(22(7)8)12-10-20(3)4/h13-16,19-24H,9-12,17-18H2,1-8H3. The van der Waals surface area contributed by atoms with Crippen molar-refractivity contribution in [1.82, 2.24) is 0 Å². The summed E-state index contributed by atoms with van der Waals surface area (Å²) in [5.41, 5.74) is 0. The monoisotopic (exact) mass is 596 g/mol. The first-order valence-electron chi connectivity index (χ1n) is 13.2. The summed E-state index contributed by atoms with van der Waals surface area (Å²) in [6, 6.07) is 8.47. The lowest BCUT2D eigenvalue weighted by molar-refractivity contribution is 0.192. The van der Waals surface area contributed by atoms with Crippen molar-refractivity contribution >= 4 is 42.6 Å². The molecular formula is C30H46Br2O2. The molecule has 0 bridgehead atoms. The quantitative estimate of drug-likeness (QED) is 0.215. The van der Waals surface area contributed by atoms with Gasteiger partial charge in [0.1, 0.15) is 11.5 Å². The second-order valence-corrected chi connectivity index (χ2v) is 13.1. The normalized spacial score (nSPS) is 13.9. The fourth-order valence-corrected chi connectivity index (χ4v) is 5.20. The maximum absolute atomic E-state index is 6.51. The lowest BCUT2D eigenvalue weighted by Crippen LogP contribution is -2.19. The van der Waals surface area contributed by atoms with Crippen molar-refractivity contribution in [2.75, 3.05) is 13.2 Å². The van der Waals surface area contributed by atoms with Crippen LogP contribution in [0.4, 0.5) is 0 Å². The summed E-state index contributed by atoms with van der Waals surface area (Å²) in [5, 5.41) is 2.20. The highest BCUT2D eigenvalue weighted by Gasteiger charge is 2.20. The lowest BCUT2D eigenvalue weighted by atomic mass is 9.89. The Morgan fingerprint density at radius 2 is 0.912 bits per heavy atom. The molecular weight excluding hydrogens is 552 g/mol. The second-order valence-electron chi connectivity index (χ2n) is 11.4. The van der Waals surface area contributed by atoms with E-state index in [2.05, 4.69) is 112 Å². The van der Waals surface area contributed by atoms with Gasteiger partial charge in [0.15, 0.2) is 0 Å². The number of ether oxygens (including phenoxy) is 2. The van der Waals surface area contributed by atoms with Gasteiger partial charge in [0.05, 0.1) is 22.2 Å². The Labute approximate surface area is 225 Å². The largest absolute Gasteiger partial charge is 0.491 e. The van der Waals surface area contributed by atoms with Gasteiger partial charge in [-0.2, -0.15) is 0 Å². The summed E-state index contributed by atoms with van der Waals surface area (Å²) in [4.78, 5) is 0. The predicted octanol–water partition coefficient (Wildman–Crippen LogP) is 10.5. The molecule has 4 heteroatoms. The molecule has 0 aliphatic rings. The molecule has 0 aromatic heterocycles. The second kappa shape index (κ2) is 14.1. The zero-order valence-corrected chi connectivity index (χ0v) is 25.8. The van der Waals surface area contributed by atoms with Crippen LogP contribution < -0.4 is 9.47 Å². The van der Waals surface area contributed by atoms with Crippen LogP contribution in [-0.4, -0.2) is 13.2 Å². The van der Waals surface area contributed by atoms with Crippen LogP contribution in [0.15, 0.2) is 33.2 Å².